The summed E-state index contributed by atoms with van der Waals surface area (Å²) >= 11 is 0. The molecule has 0 aromatic carbocycles. The van der Waals surface area contributed by atoms with Crippen LogP contribution in [0.2, 0.25) is 0 Å². The summed E-state index contributed by atoms with van der Waals surface area (Å²) in [5.74, 6) is 0.0758. The van der Waals surface area contributed by atoms with Gasteiger partial charge in [-0.2, -0.15) is 0 Å². The van der Waals surface area contributed by atoms with Gasteiger partial charge in [-0.05, 0) is 38.4 Å². The first kappa shape index (κ1) is 15.4. The van der Waals surface area contributed by atoms with Crippen LogP contribution in [0.5, 0.6) is 0 Å². The molecule has 5 nitrogen and oxygen atoms in total. The number of likely N-dealkylation sites (tertiary alicyclic amines) is 1. The largest absolute Gasteiger partial charge is 0.363 e. The zero-order valence-electron chi connectivity index (χ0n) is 13.5. The molecule has 1 spiro atoms. The fraction of sp³-hybridized carbons (Fsp3) is 0.647. The minimum Gasteiger partial charge on any atom is -0.363 e. The van der Waals surface area contributed by atoms with E-state index in [9.17, 15) is 4.79 Å². The molecule has 0 unspecified atom stereocenters. The molecule has 5 heteroatoms. The summed E-state index contributed by atoms with van der Waals surface area (Å²) in [7, 11) is 0. The Bertz CT molecular complexity index is 538. The van der Waals surface area contributed by atoms with Gasteiger partial charge in [-0.1, -0.05) is 13.0 Å². The molecule has 1 amide bonds. The Balaban J connectivity index is 1.68. The van der Waals surface area contributed by atoms with Crippen LogP contribution in [0.1, 0.15) is 31.2 Å². The topological polar surface area (TPSA) is 45.7 Å². The van der Waals surface area contributed by atoms with E-state index in [1.165, 1.54) is 0 Å². The first-order valence-corrected chi connectivity index (χ1v) is 8.17. The molecule has 1 aromatic rings. The standard InChI is InChI=1S/C17H25N3O2/c1-3-19-9-7-17(8-10-19)13-20(16(21)12-22-17)11-15-6-4-5-14(2)18-15/h4-6H,3,7-13H2,1-2H3. The van der Waals surface area contributed by atoms with Gasteiger partial charge in [0.1, 0.15) is 6.61 Å². The molecule has 0 N–H and O–H groups in total. The van der Waals surface area contributed by atoms with Crippen LogP contribution < -0.4 is 0 Å². The molecule has 0 saturated carbocycles. The molecule has 3 heterocycles. The van der Waals surface area contributed by atoms with Crippen molar-refractivity contribution in [1.82, 2.24) is 14.8 Å². The Kier molecular flexibility index (Phi) is 4.45. The van der Waals surface area contributed by atoms with Crippen molar-refractivity contribution in [3.8, 4) is 0 Å². The second kappa shape index (κ2) is 6.34. The summed E-state index contributed by atoms with van der Waals surface area (Å²) in [6.45, 7) is 8.86. The molecule has 0 aliphatic carbocycles. The van der Waals surface area contributed by atoms with Gasteiger partial charge in [0.05, 0.1) is 24.4 Å². The smallest absolute Gasteiger partial charge is 0.249 e. The third-order valence-corrected chi connectivity index (χ3v) is 4.85. The number of hydrogen-bond acceptors (Lipinski definition) is 4. The van der Waals surface area contributed by atoms with Gasteiger partial charge in [-0.15, -0.1) is 0 Å². The molecule has 2 saturated heterocycles. The molecular weight excluding hydrogens is 278 g/mol. The fourth-order valence-electron chi connectivity index (χ4n) is 3.39. The van der Waals surface area contributed by atoms with Gasteiger partial charge in [-0.3, -0.25) is 9.78 Å². The fourth-order valence-corrected chi connectivity index (χ4v) is 3.39. The van der Waals surface area contributed by atoms with Crippen molar-refractivity contribution < 1.29 is 9.53 Å². The molecule has 2 aliphatic rings. The highest BCUT2D eigenvalue weighted by Gasteiger charge is 2.41. The van der Waals surface area contributed by atoms with Crippen molar-refractivity contribution in [2.24, 2.45) is 0 Å². The average Bonchev–Trinajstić information content (AvgIpc) is 2.52. The van der Waals surface area contributed by atoms with Crippen LogP contribution in [0.4, 0.5) is 0 Å². The molecule has 2 aliphatic heterocycles. The number of aryl methyl sites for hydroxylation is 1. The van der Waals surface area contributed by atoms with Gasteiger partial charge in [0.15, 0.2) is 0 Å². The Morgan fingerprint density at radius 3 is 2.77 bits per heavy atom. The van der Waals surface area contributed by atoms with E-state index in [-0.39, 0.29) is 18.1 Å². The normalized spacial score (nSPS) is 22.3. The van der Waals surface area contributed by atoms with Crippen LogP contribution in [-0.2, 0) is 16.1 Å². The highest BCUT2D eigenvalue weighted by atomic mass is 16.5. The molecule has 0 atom stereocenters. The number of hydrogen-bond donors (Lipinski definition) is 0. The quantitative estimate of drug-likeness (QED) is 0.851. The van der Waals surface area contributed by atoms with Gasteiger partial charge in [-0.25, -0.2) is 0 Å². The minimum absolute atomic E-state index is 0.0758. The third kappa shape index (κ3) is 3.31. The van der Waals surface area contributed by atoms with Crippen LogP contribution in [0, 0.1) is 6.92 Å². The Hall–Kier alpha value is -1.46. The molecular formula is C17H25N3O2. The number of amides is 1. The number of rotatable bonds is 3. The molecule has 1 aromatic heterocycles. The van der Waals surface area contributed by atoms with E-state index in [2.05, 4.69) is 16.8 Å². The number of morpholine rings is 1. The van der Waals surface area contributed by atoms with Gasteiger partial charge in [0.25, 0.3) is 0 Å². The first-order valence-electron chi connectivity index (χ1n) is 8.17. The van der Waals surface area contributed by atoms with Crippen molar-refractivity contribution >= 4 is 5.91 Å². The summed E-state index contributed by atoms with van der Waals surface area (Å²) in [6.07, 6.45) is 2.01. The predicted octanol–water partition coefficient (Wildman–Crippen LogP) is 1.60. The monoisotopic (exact) mass is 303 g/mol. The lowest BCUT2D eigenvalue weighted by atomic mass is 9.89. The van der Waals surface area contributed by atoms with Gasteiger partial charge >= 0.3 is 0 Å². The minimum atomic E-state index is -0.149. The van der Waals surface area contributed by atoms with Crippen LogP contribution in [0.25, 0.3) is 0 Å². The average molecular weight is 303 g/mol. The van der Waals surface area contributed by atoms with Gasteiger partial charge < -0.3 is 14.5 Å². The lowest BCUT2D eigenvalue weighted by Gasteiger charge is -2.46. The molecule has 3 rings (SSSR count). The second-order valence-electron chi connectivity index (χ2n) is 6.43. The number of ether oxygens (including phenoxy) is 1. The van der Waals surface area contributed by atoms with Crippen LogP contribution >= 0.6 is 0 Å². The lowest BCUT2D eigenvalue weighted by molar-refractivity contribution is -0.172. The highest BCUT2D eigenvalue weighted by Crippen LogP contribution is 2.30. The summed E-state index contributed by atoms with van der Waals surface area (Å²) in [4.78, 5) is 21.1. The summed E-state index contributed by atoms with van der Waals surface area (Å²) in [5, 5.41) is 0. The van der Waals surface area contributed by atoms with Crippen molar-refractivity contribution in [2.45, 2.75) is 38.8 Å². The van der Waals surface area contributed by atoms with E-state index in [4.69, 9.17) is 4.74 Å². The SMILES string of the molecule is CCN1CCC2(CC1)CN(Cc1cccc(C)n1)C(=O)CO2. The molecule has 22 heavy (non-hydrogen) atoms. The summed E-state index contributed by atoms with van der Waals surface area (Å²) in [6, 6.07) is 5.97. The number of carbonyl (C=O) groups is 1. The Morgan fingerprint density at radius 2 is 2.09 bits per heavy atom. The number of pyridine rings is 1. The number of carbonyl (C=O) groups excluding carboxylic acids is 1. The van der Waals surface area contributed by atoms with Gasteiger partial charge in [0.2, 0.25) is 5.91 Å². The van der Waals surface area contributed by atoms with E-state index in [0.29, 0.717) is 13.1 Å². The third-order valence-electron chi connectivity index (χ3n) is 4.85. The highest BCUT2D eigenvalue weighted by molar-refractivity contribution is 5.78. The van der Waals surface area contributed by atoms with E-state index >= 15 is 0 Å². The maximum atomic E-state index is 12.2. The molecule has 2 fully saturated rings. The zero-order valence-corrected chi connectivity index (χ0v) is 13.5. The molecule has 120 valence electrons. The van der Waals surface area contributed by atoms with Crippen molar-refractivity contribution in [1.29, 1.82) is 0 Å². The van der Waals surface area contributed by atoms with E-state index in [1.54, 1.807) is 0 Å². The van der Waals surface area contributed by atoms with Crippen molar-refractivity contribution in [3.05, 3.63) is 29.6 Å². The summed E-state index contributed by atoms with van der Waals surface area (Å²) in [5.41, 5.74) is 1.80. The van der Waals surface area contributed by atoms with Crippen LogP contribution in [0.15, 0.2) is 18.2 Å². The van der Waals surface area contributed by atoms with Crippen LogP contribution in [0.3, 0.4) is 0 Å². The lowest BCUT2D eigenvalue weighted by Crippen LogP contribution is -2.58. The van der Waals surface area contributed by atoms with Crippen LogP contribution in [-0.4, -0.2) is 59.1 Å². The summed E-state index contributed by atoms with van der Waals surface area (Å²) < 4.78 is 5.96. The van der Waals surface area contributed by atoms with E-state index < -0.39 is 0 Å². The number of piperidine rings is 1. The maximum absolute atomic E-state index is 12.2. The number of aromatic nitrogens is 1. The van der Waals surface area contributed by atoms with Gasteiger partial charge in [0, 0.05) is 18.8 Å². The predicted molar refractivity (Wildman–Crippen MR) is 84.4 cm³/mol. The first-order chi connectivity index (χ1) is 10.6. The Morgan fingerprint density at radius 1 is 1.32 bits per heavy atom. The molecule has 0 radical (unpaired) electrons. The van der Waals surface area contributed by atoms with E-state index in [1.807, 2.05) is 30.0 Å². The Labute approximate surface area is 132 Å². The van der Waals surface area contributed by atoms with E-state index in [0.717, 1.165) is 43.9 Å². The van der Waals surface area contributed by atoms with Crippen molar-refractivity contribution in [2.75, 3.05) is 32.8 Å². The maximum Gasteiger partial charge on any atom is 0.249 e. The molecule has 0 bridgehead atoms. The second-order valence-corrected chi connectivity index (χ2v) is 6.43. The number of nitrogens with zero attached hydrogens (tertiary/aromatic N) is 3. The zero-order chi connectivity index (χ0) is 15.6. The van der Waals surface area contributed by atoms with Crippen molar-refractivity contribution in [3.63, 3.8) is 0 Å².